The molecule has 0 radical (unpaired) electrons. The van der Waals surface area contributed by atoms with Gasteiger partial charge in [0.25, 0.3) is 0 Å². The Labute approximate surface area is 123 Å². The molecule has 0 amide bonds. The van der Waals surface area contributed by atoms with E-state index in [1.165, 1.54) is 0 Å². The van der Waals surface area contributed by atoms with Crippen LogP contribution >= 0.6 is 15.9 Å². The minimum Gasteiger partial charge on any atom is -0.357 e. The lowest BCUT2D eigenvalue weighted by atomic mass is 10.3. The minimum absolute atomic E-state index is 0.470. The quantitative estimate of drug-likeness (QED) is 0.835. The monoisotopic (exact) mass is 350 g/mol. The SMILES string of the molecule is CN(C)CCN(C)c1ncc(Br)cc1NS(C)(=O)=O. The predicted octanol–water partition coefficient (Wildman–Crippen LogP) is 1.21. The molecule has 0 saturated carbocycles. The van der Waals surface area contributed by atoms with E-state index in [1.807, 2.05) is 26.0 Å². The van der Waals surface area contributed by atoms with Crippen molar-refractivity contribution < 1.29 is 8.42 Å². The number of hydrogen-bond donors (Lipinski definition) is 1. The van der Waals surface area contributed by atoms with Gasteiger partial charge >= 0.3 is 0 Å². The summed E-state index contributed by atoms with van der Waals surface area (Å²) in [5, 5.41) is 0. The number of anilines is 2. The third kappa shape index (κ3) is 5.75. The summed E-state index contributed by atoms with van der Waals surface area (Å²) in [5.41, 5.74) is 0.470. The van der Waals surface area contributed by atoms with E-state index in [-0.39, 0.29) is 0 Å². The molecule has 6 nitrogen and oxygen atoms in total. The first kappa shape index (κ1) is 16.2. The lowest BCUT2D eigenvalue weighted by molar-refractivity contribution is 0.416. The Kier molecular flexibility index (Phi) is 5.57. The highest BCUT2D eigenvalue weighted by Gasteiger charge is 2.13. The minimum atomic E-state index is -3.33. The van der Waals surface area contributed by atoms with Crippen LogP contribution in [0.15, 0.2) is 16.7 Å². The fourth-order valence-electron chi connectivity index (χ4n) is 1.47. The van der Waals surface area contributed by atoms with E-state index < -0.39 is 10.0 Å². The summed E-state index contributed by atoms with van der Waals surface area (Å²) in [4.78, 5) is 8.25. The van der Waals surface area contributed by atoms with E-state index in [0.717, 1.165) is 23.8 Å². The second-order valence-corrected chi connectivity index (χ2v) is 7.29. The molecule has 0 spiro atoms. The van der Waals surface area contributed by atoms with E-state index in [9.17, 15) is 8.42 Å². The van der Waals surface area contributed by atoms with Crippen LogP contribution in [-0.4, -0.2) is 58.8 Å². The van der Waals surface area contributed by atoms with Gasteiger partial charge in [0.05, 0.1) is 11.9 Å². The number of nitrogens with one attached hydrogen (secondary N) is 1. The van der Waals surface area contributed by atoms with Gasteiger partial charge in [-0.3, -0.25) is 4.72 Å². The number of sulfonamides is 1. The summed E-state index contributed by atoms with van der Waals surface area (Å²) in [7, 11) is 2.52. The lowest BCUT2D eigenvalue weighted by Crippen LogP contribution is -2.29. The fourth-order valence-corrected chi connectivity index (χ4v) is 2.35. The third-order valence-corrected chi connectivity index (χ3v) is 3.40. The van der Waals surface area contributed by atoms with Crippen LogP contribution in [-0.2, 0) is 10.0 Å². The average Bonchev–Trinajstić information content (AvgIpc) is 2.23. The second kappa shape index (κ2) is 6.53. The normalized spacial score (nSPS) is 11.7. The Morgan fingerprint density at radius 1 is 1.32 bits per heavy atom. The first-order valence-electron chi connectivity index (χ1n) is 5.68. The maximum atomic E-state index is 11.4. The van der Waals surface area contributed by atoms with Gasteiger partial charge in [-0.25, -0.2) is 13.4 Å². The molecule has 0 saturated heterocycles. The van der Waals surface area contributed by atoms with Crippen LogP contribution in [0.2, 0.25) is 0 Å². The standard InChI is InChI=1S/C11H19BrN4O2S/c1-15(2)5-6-16(3)11-10(14-19(4,17)18)7-9(12)8-13-11/h7-8,14H,5-6H2,1-4H3. The van der Waals surface area contributed by atoms with Crippen molar-refractivity contribution in [2.45, 2.75) is 0 Å². The van der Waals surface area contributed by atoms with E-state index in [2.05, 4.69) is 30.5 Å². The molecule has 0 unspecified atom stereocenters. The number of likely N-dealkylation sites (N-methyl/N-ethyl adjacent to an activating group) is 2. The molecule has 1 N–H and O–H groups in total. The summed E-state index contributed by atoms with van der Waals surface area (Å²) >= 11 is 3.29. The van der Waals surface area contributed by atoms with Gasteiger partial charge in [0.1, 0.15) is 0 Å². The van der Waals surface area contributed by atoms with Crippen LogP contribution in [0.3, 0.4) is 0 Å². The van der Waals surface area contributed by atoms with Gasteiger partial charge in [-0.05, 0) is 36.1 Å². The van der Waals surface area contributed by atoms with Gasteiger partial charge in [-0.15, -0.1) is 0 Å². The Morgan fingerprint density at radius 2 is 1.95 bits per heavy atom. The zero-order valence-corrected chi connectivity index (χ0v) is 13.9. The Balaban J connectivity index is 2.99. The van der Waals surface area contributed by atoms with Crippen molar-refractivity contribution in [2.24, 2.45) is 0 Å². The topological polar surface area (TPSA) is 65.5 Å². The maximum Gasteiger partial charge on any atom is 0.229 e. The second-order valence-electron chi connectivity index (χ2n) is 4.62. The zero-order valence-electron chi connectivity index (χ0n) is 11.5. The van der Waals surface area contributed by atoms with Gasteiger partial charge in [0.2, 0.25) is 10.0 Å². The molecular formula is C11H19BrN4O2S. The summed E-state index contributed by atoms with van der Waals surface area (Å²) in [6, 6.07) is 1.70. The van der Waals surface area contributed by atoms with Crippen molar-refractivity contribution in [1.29, 1.82) is 0 Å². The molecule has 1 heterocycles. The molecular weight excluding hydrogens is 332 g/mol. The molecule has 0 aliphatic rings. The molecule has 19 heavy (non-hydrogen) atoms. The van der Waals surface area contributed by atoms with Crippen molar-refractivity contribution in [2.75, 3.05) is 50.1 Å². The highest BCUT2D eigenvalue weighted by Crippen LogP contribution is 2.26. The largest absolute Gasteiger partial charge is 0.357 e. The van der Waals surface area contributed by atoms with E-state index >= 15 is 0 Å². The number of halogens is 1. The lowest BCUT2D eigenvalue weighted by Gasteiger charge is -2.23. The number of nitrogens with zero attached hydrogens (tertiary/aromatic N) is 3. The molecule has 1 aromatic heterocycles. The van der Waals surface area contributed by atoms with Crippen molar-refractivity contribution in [3.8, 4) is 0 Å². The summed E-state index contributed by atoms with van der Waals surface area (Å²) < 4.78 is 26.0. The number of pyridine rings is 1. The van der Waals surface area contributed by atoms with E-state index in [0.29, 0.717) is 11.5 Å². The molecule has 0 aromatic carbocycles. The highest BCUT2D eigenvalue weighted by atomic mass is 79.9. The maximum absolute atomic E-state index is 11.4. The van der Waals surface area contributed by atoms with Crippen LogP contribution in [0.4, 0.5) is 11.5 Å². The molecule has 0 fully saturated rings. The van der Waals surface area contributed by atoms with Crippen molar-refractivity contribution >= 4 is 37.5 Å². The Hall–Kier alpha value is -0.860. The zero-order chi connectivity index (χ0) is 14.6. The van der Waals surface area contributed by atoms with E-state index in [4.69, 9.17) is 0 Å². The molecule has 0 atom stereocenters. The Bertz CT molecular complexity index is 533. The number of aromatic nitrogens is 1. The first-order valence-corrected chi connectivity index (χ1v) is 8.36. The molecule has 0 aliphatic carbocycles. The highest BCUT2D eigenvalue weighted by molar-refractivity contribution is 9.10. The summed E-state index contributed by atoms with van der Waals surface area (Å²) in [6.07, 6.45) is 2.77. The van der Waals surface area contributed by atoms with Crippen molar-refractivity contribution in [1.82, 2.24) is 9.88 Å². The van der Waals surface area contributed by atoms with Gasteiger partial charge in [0, 0.05) is 30.8 Å². The van der Waals surface area contributed by atoms with Crippen molar-refractivity contribution in [3.63, 3.8) is 0 Å². The van der Waals surface area contributed by atoms with Gasteiger partial charge < -0.3 is 9.80 Å². The summed E-state index contributed by atoms with van der Waals surface area (Å²) in [6.45, 7) is 1.60. The van der Waals surface area contributed by atoms with Crippen LogP contribution < -0.4 is 9.62 Å². The van der Waals surface area contributed by atoms with Crippen LogP contribution in [0.25, 0.3) is 0 Å². The smallest absolute Gasteiger partial charge is 0.229 e. The van der Waals surface area contributed by atoms with Crippen LogP contribution in [0.1, 0.15) is 0 Å². The predicted molar refractivity (Wildman–Crippen MR) is 82.2 cm³/mol. The van der Waals surface area contributed by atoms with Gasteiger partial charge in [-0.1, -0.05) is 0 Å². The van der Waals surface area contributed by atoms with Crippen LogP contribution in [0.5, 0.6) is 0 Å². The summed E-state index contributed by atoms with van der Waals surface area (Å²) in [5.74, 6) is 0.607. The Morgan fingerprint density at radius 3 is 2.47 bits per heavy atom. The molecule has 8 heteroatoms. The van der Waals surface area contributed by atoms with Gasteiger partial charge in [0.15, 0.2) is 5.82 Å². The molecule has 108 valence electrons. The first-order chi connectivity index (χ1) is 8.69. The van der Waals surface area contributed by atoms with Crippen LogP contribution in [0, 0.1) is 0 Å². The van der Waals surface area contributed by atoms with Gasteiger partial charge in [-0.2, -0.15) is 0 Å². The average molecular weight is 351 g/mol. The third-order valence-electron chi connectivity index (χ3n) is 2.37. The number of rotatable bonds is 6. The van der Waals surface area contributed by atoms with Crippen molar-refractivity contribution in [3.05, 3.63) is 16.7 Å². The van der Waals surface area contributed by atoms with E-state index in [1.54, 1.807) is 12.3 Å². The molecule has 0 bridgehead atoms. The molecule has 1 aromatic rings. The molecule has 0 aliphatic heterocycles. The molecule has 1 rings (SSSR count). The fraction of sp³-hybridized carbons (Fsp3) is 0.545. The number of hydrogen-bond acceptors (Lipinski definition) is 5.